The zero-order chi connectivity index (χ0) is 9.42. The van der Waals surface area contributed by atoms with Crippen LogP contribution in [0.25, 0.3) is 10.1 Å². The number of rotatable bonds is 0. The summed E-state index contributed by atoms with van der Waals surface area (Å²) in [6.07, 6.45) is 0. The minimum atomic E-state index is 0.786. The fourth-order valence-corrected chi connectivity index (χ4v) is 3.06. The maximum Gasteiger partial charge on any atom is 0.0998 e. The standard InChI is InChI=1S/C10H6INS/c1-6-4-7(5-12)8-2-3-13-10(8)9(6)11/h2-4H,1H3. The van der Waals surface area contributed by atoms with Crippen molar-refractivity contribution in [2.24, 2.45) is 0 Å². The smallest absolute Gasteiger partial charge is 0.0998 e. The van der Waals surface area contributed by atoms with E-state index >= 15 is 0 Å². The average Bonchev–Trinajstić information content (AvgIpc) is 2.60. The maximum atomic E-state index is 8.92. The molecule has 1 heterocycles. The van der Waals surface area contributed by atoms with Gasteiger partial charge in [-0.1, -0.05) is 0 Å². The molecule has 0 atom stereocenters. The minimum Gasteiger partial charge on any atom is -0.192 e. The van der Waals surface area contributed by atoms with E-state index in [9.17, 15) is 0 Å². The highest BCUT2D eigenvalue weighted by molar-refractivity contribution is 14.1. The molecule has 2 aromatic rings. The first-order valence-electron chi connectivity index (χ1n) is 3.80. The monoisotopic (exact) mass is 299 g/mol. The zero-order valence-corrected chi connectivity index (χ0v) is 9.94. The van der Waals surface area contributed by atoms with Gasteiger partial charge in [0.2, 0.25) is 0 Å². The van der Waals surface area contributed by atoms with Crippen LogP contribution in [0.4, 0.5) is 0 Å². The Kier molecular flexibility index (Phi) is 2.26. The first kappa shape index (κ1) is 8.97. The number of benzene rings is 1. The Morgan fingerprint density at radius 3 is 3.00 bits per heavy atom. The third-order valence-electron chi connectivity index (χ3n) is 1.98. The summed E-state index contributed by atoms with van der Waals surface area (Å²) in [5.41, 5.74) is 1.97. The van der Waals surface area contributed by atoms with E-state index < -0.39 is 0 Å². The third-order valence-corrected chi connectivity index (χ3v) is 4.67. The highest BCUT2D eigenvalue weighted by Gasteiger charge is 2.07. The van der Waals surface area contributed by atoms with Crippen molar-refractivity contribution in [2.75, 3.05) is 0 Å². The molecule has 0 saturated carbocycles. The largest absolute Gasteiger partial charge is 0.192 e. The molecule has 64 valence electrons. The number of nitriles is 1. The van der Waals surface area contributed by atoms with Crippen LogP contribution in [0.1, 0.15) is 11.1 Å². The number of fused-ring (bicyclic) bond motifs is 1. The number of thiophene rings is 1. The van der Waals surface area contributed by atoms with Crippen LogP contribution in [-0.2, 0) is 0 Å². The summed E-state index contributed by atoms with van der Waals surface area (Å²) in [6, 6.07) is 6.20. The predicted molar refractivity (Wildman–Crippen MR) is 64.0 cm³/mol. The van der Waals surface area contributed by atoms with Gasteiger partial charge in [-0.05, 0) is 52.6 Å². The molecule has 13 heavy (non-hydrogen) atoms. The van der Waals surface area contributed by atoms with Crippen LogP contribution in [0.15, 0.2) is 17.5 Å². The molecule has 1 nitrogen and oxygen atoms in total. The Morgan fingerprint density at radius 1 is 1.54 bits per heavy atom. The first-order valence-corrected chi connectivity index (χ1v) is 5.76. The van der Waals surface area contributed by atoms with Crippen molar-refractivity contribution < 1.29 is 0 Å². The lowest BCUT2D eigenvalue weighted by Crippen LogP contribution is -1.84. The van der Waals surface area contributed by atoms with E-state index in [1.54, 1.807) is 11.3 Å². The van der Waals surface area contributed by atoms with E-state index in [1.807, 2.05) is 24.4 Å². The van der Waals surface area contributed by atoms with Crippen molar-refractivity contribution >= 4 is 44.0 Å². The number of halogens is 1. The Balaban J connectivity index is 2.97. The lowest BCUT2D eigenvalue weighted by molar-refractivity contribution is 1.44. The number of aryl methyl sites for hydroxylation is 1. The molecule has 0 spiro atoms. The molecule has 0 bridgehead atoms. The normalized spacial score (nSPS) is 10.2. The summed E-state index contributed by atoms with van der Waals surface area (Å²) >= 11 is 4.03. The first-order chi connectivity index (χ1) is 6.24. The van der Waals surface area contributed by atoms with Crippen LogP contribution in [-0.4, -0.2) is 0 Å². The van der Waals surface area contributed by atoms with Crippen LogP contribution in [0.2, 0.25) is 0 Å². The van der Waals surface area contributed by atoms with Crippen molar-refractivity contribution in [3.05, 3.63) is 32.2 Å². The van der Waals surface area contributed by atoms with E-state index in [-0.39, 0.29) is 0 Å². The van der Waals surface area contributed by atoms with E-state index in [1.165, 1.54) is 13.8 Å². The van der Waals surface area contributed by atoms with Crippen LogP contribution >= 0.6 is 33.9 Å². The van der Waals surface area contributed by atoms with E-state index in [2.05, 4.69) is 28.7 Å². The lowest BCUT2D eigenvalue weighted by atomic mass is 10.1. The second-order valence-electron chi connectivity index (χ2n) is 2.83. The Labute approximate surface area is 94.1 Å². The maximum absolute atomic E-state index is 8.92. The Morgan fingerprint density at radius 2 is 2.31 bits per heavy atom. The van der Waals surface area contributed by atoms with Gasteiger partial charge in [-0.2, -0.15) is 5.26 Å². The van der Waals surface area contributed by atoms with Gasteiger partial charge in [-0.3, -0.25) is 0 Å². The van der Waals surface area contributed by atoms with Crippen molar-refractivity contribution in [1.29, 1.82) is 5.26 Å². The van der Waals surface area contributed by atoms with Crippen LogP contribution in [0.3, 0.4) is 0 Å². The molecule has 3 heteroatoms. The molecule has 1 aromatic carbocycles. The van der Waals surface area contributed by atoms with Gasteiger partial charge < -0.3 is 0 Å². The topological polar surface area (TPSA) is 23.8 Å². The predicted octanol–water partition coefficient (Wildman–Crippen LogP) is 3.69. The zero-order valence-electron chi connectivity index (χ0n) is 6.97. The van der Waals surface area contributed by atoms with E-state index in [0.717, 1.165) is 10.9 Å². The van der Waals surface area contributed by atoms with Crippen molar-refractivity contribution in [3.8, 4) is 6.07 Å². The SMILES string of the molecule is Cc1cc(C#N)c2ccsc2c1I. The third kappa shape index (κ3) is 1.34. The molecule has 0 unspecified atom stereocenters. The van der Waals surface area contributed by atoms with Crippen LogP contribution in [0, 0.1) is 21.8 Å². The van der Waals surface area contributed by atoms with E-state index in [0.29, 0.717) is 0 Å². The Hall–Kier alpha value is -0.600. The summed E-state index contributed by atoms with van der Waals surface area (Å²) in [5.74, 6) is 0. The molecule has 2 rings (SSSR count). The fraction of sp³-hybridized carbons (Fsp3) is 0.100. The van der Waals surface area contributed by atoms with Gasteiger partial charge in [0.05, 0.1) is 11.6 Å². The van der Waals surface area contributed by atoms with Gasteiger partial charge in [0.1, 0.15) is 0 Å². The molecule has 0 aliphatic carbocycles. The summed E-state index contributed by atoms with van der Waals surface area (Å²) in [7, 11) is 0. The molecule has 0 radical (unpaired) electrons. The van der Waals surface area contributed by atoms with E-state index in [4.69, 9.17) is 5.26 Å². The van der Waals surface area contributed by atoms with Crippen LogP contribution < -0.4 is 0 Å². The second-order valence-corrected chi connectivity index (χ2v) is 4.83. The molecule has 1 aromatic heterocycles. The molecule has 0 fully saturated rings. The molecule has 0 aliphatic rings. The molecule has 0 N–H and O–H groups in total. The number of nitrogens with zero attached hydrogens (tertiary/aromatic N) is 1. The molecular formula is C10H6INS. The van der Waals surface area contributed by atoms with Crippen LogP contribution in [0.5, 0.6) is 0 Å². The number of hydrogen-bond donors (Lipinski definition) is 0. The summed E-state index contributed by atoms with van der Waals surface area (Å²) in [6.45, 7) is 2.04. The minimum absolute atomic E-state index is 0.786. The molecule has 0 amide bonds. The second kappa shape index (κ2) is 3.28. The quantitative estimate of drug-likeness (QED) is 0.681. The van der Waals surface area contributed by atoms with Crippen molar-refractivity contribution in [1.82, 2.24) is 0 Å². The van der Waals surface area contributed by atoms with Gasteiger partial charge in [0.15, 0.2) is 0 Å². The van der Waals surface area contributed by atoms with Gasteiger partial charge in [0.25, 0.3) is 0 Å². The summed E-state index contributed by atoms with van der Waals surface area (Å²) < 4.78 is 2.50. The summed E-state index contributed by atoms with van der Waals surface area (Å²) in [4.78, 5) is 0. The highest BCUT2D eigenvalue weighted by Crippen LogP contribution is 2.31. The van der Waals surface area contributed by atoms with Gasteiger partial charge in [-0.25, -0.2) is 0 Å². The van der Waals surface area contributed by atoms with Gasteiger partial charge >= 0.3 is 0 Å². The molecule has 0 saturated heterocycles. The van der Waals surface area contributed by atoms with Crippen molar-refractivity contribution in [2.45, 2.75) is 6.92 Å². The Bertz CT molecular complexity index is 507. The summed E-state index contributed by atoms with van der Waals surface area (Å²) in [5, 5.41) is 12.0. The molecular weight excluding hydrogens is 293 g/mol. The number of hydrogen-bond acceptors (Lipinski definition) is 2. The highest BCUT2D eigenvalue weighted by atomic mass is 127. The average molecular weight is 299 g/mol. The fourth-order valence-electron chi connectivity index (χ4n) is 1.32. The van der Waals surface area contributed by atoms with Crippen molar-refractivity contribution in [3.63, 3.8) is 0 Å². The lowest BCUT2D eigenvalue weighted by Gasteiger charge is -2.00. The van der Waals surface area contributed by atoms with Gasteiger partial charge in [-0.15, -0.1) is 11.3 Å². The van der Waals surface area contributed by atoms with Gasteiger partial charge in [0, 0.05) is 13.7 Å². The molecule has 0 aliphatic heterocycles.